The smallest absolute Gasteiger partial charge is 0.165 e. The van der Waals surface area contributed by atoms with Gasteiger partial charge in [0.2, 0.25) is 0 Å². The molecule has 1 fully saturated rings. The van der Waals surface area contributed by atoms with Gasteiger partial charge >= 0.3 is 0 Å². The lowest BCUT2D eigenvalue weighted by Crippen LogP contribution is -2.34. The highest BCUT2D eigenvalue weighted by molar-refractivity contribution is 5.32. The molecule has 1 aromatic rings. The molecule has 2 rings (SSSR count). The maximum absolute atomic E-state index is 13.7. The Morgan fingerprint density at radius 2 is 1.47 bits per heavy atom. The van der Waals surface area contributed by atoms with Gasteiger partial charge in [-0.15, -0.1) is 0 Å². The predicted octanol–water partition coefficient (Wildman–Crippen LogP) is 3.01. The van der Waals surface area contributed by atoms with E-state index in [2.05, 4.69) is 0 Å². The highest BCUT2D eigenvalue weighted by Gasteiger charge is 2.40. The van der Waals surface area contributed by atoms with Crippen LogP contribution < -0.4 is 5.73 Å². The summed E-state index contributed by atoms with van der Waals surface area (Å²) in [5, 5.41) is 0. The van der Waals surface area contributed by atoms with Crippen LogP contribution in [0.4, 0.5) is 17.6 Å². The van der Waals surface area contributed by atoms with Crippen molar-refractivity contribution >= 4 is 0 Å². The van der Waals surface area contributed by atoms with E-state index < -0.39 is 34.2 Å². The Bertz CT molecular complexity index is 412. The van der Waals surface area contributed by atoms with Crippen molar-refractivity contribution in [3.8, 4) is 0 Å². The van der Waals surface area contributed by atoms with Crippen molar-refractivity contribution in [1.82, 2.24) is 0 Å². The predicted molar refractivity (Wildman–Crippen MR) is 55.5 cm³/mol. The van der Waals surface area contributed by atoms with Crippen LogP contribution in [-0.4, -0.2) is 6.54 Å². The van der Waals surface area contributed by atoms with Gasteiger partial charge in [0.15, 0.2) is 23.3 Å². The molecule has 0 saturated heterocycles. The summed E-state index contributed by atoms with van der Waals surface area (Å²) in [5.41, 5.74) is 4.08. The van der Waals surface area contributed by atoms with Crippen molar-refractivity contribution in [1.29, 1.82) is 0 Å². The fourth-order valence-electron chi connectivity index (χ4n) is 2.65. The van der Waals surface area contributed by atoms with E-state index in [0.717, 1.165) is 12.8 Å². The summed E-state index contributed by atoms with van der Waals surface area (Å²) in [7, 11) is 0. The standard InChI is InChI=1S/C12H13F4N/c13-7-5-8(14)11(16)9(10(7)15)12(6-17)3-1-2-4-12/h5H,1-4,6,17H2. The van der Waals surface area contributed by atoms with Gasteiger partial charge in [0.1, 0.15) is 0 Å². The molecule has 0 radical (unpaired) electrons. The van der Waals surface area contributed by atoms with Crippen LogP contribution in [0.3, 0.4) is 0 Å². The summed E-state index contributed by atoms with van der Waals surface area (Å²) in [6, 6.07) is 0.229. The van der Waals surface area contributed by atoms with E-state index in [1.807, 2.05) is 0 Å². The van der Waals surface area contributed by atoms with Gasteiger partial charge in [-0.3, -0.25) is 0 Å². The molecule has 2 N–H and O–H groups in total. The quantitative estimate of drug-likeness (QED) is 0.631. The number of nitrogens with two attached hydrogens (primary N) is 1. The lowest BCUT2D eigenvalue weighted by molar-refractivity contribution is 0.365. The lowest BCUT2D eigenvalue weighted by Gasteiger charge is -2.28. The van der Waals surface area contributed by atoms with Crippen molar-refractivity contribution in [2.24, 2.45) is 5.73 Å². The third-order valence-electron chi connectivity index (χ3n) is 3.59. The molecule has 0 heterocycles. The van der Waals surface area contributed by atoms with Gasteiger partial charge in [0, 0.05) is 23.6 Å². The summed E-state index contributed by atoms with van der Waals surface area (Å²) in [4.78, 5) is 0. The Kier molecular flexibility index (Phi) is 3.12. The van der Waals surface area contributed by atoms with Gasteiger partial charge < -0.3 is 5.73 Å². The highest BCUT2D eigenvalue weighted by Crippen LogP contribution is 2.43. The number of benzene rings is 1. The van der Waals surface area contributed by atoms with E-state index in [1.165, 1.54) is 0 Å². The number of halogens is 4. The molecule has 1 saturated carbocycles. The third-order valence-corrected chi connectivity index (χ3v) is 3.59. The summed E-state index contributed by atoms with van der Waals surface area (Å²) >= 11 is 0. The highest BCUT2D eigenvalue weighted by atomic mass is 19.2. The summed E-state index contributed by atoms with van der Waals surface area (Å²) in [6.07, 6.45) is 2.43. The van der Waals surface area contributed by atoms with Crippen LogP contribution in [0.5, 0.6) is 0 Å². The minimum atomic E-state index is -1.36. The molecule has 5 heteroatoms. The Labute approximate surface area is 96.6 Å². The summed E-state index contributed by atoms with van der Waals surface area (Å²) < 4.78 is 53.7. The summed E-state index contributed by atoms with van der Waals surface area (Å²) in [6.45, 7) is -0.0102. The molecule has 1 aliphatic carbocycles. The second-order valence-electron chi connectivity index (χ2n) is 4.53. The van der Waals surface area contributed by atoms with Gasteiger partial charge in [-0.2, -0.15) is 0 Å². The van der Waals surface area contributed by atoms with Crippen LogP contribution in [-0.2, 0) is 5.41 Å². The van der Waals surface area contributed by atoms with E-state index in [9.17, 15) is 17.6 Å². The first-order chi connectivity index (χ1) is 8.02. The second-order valence-corrected chi connectivity index (χ2v) is 4.53. The van der Waals surface area contributed by atoms with Crippen LogP contribution in [0, 0.1) is 23.3 Å². The van der Waals surface area contributed by atoms with Gasteiger partial charge in [0.25, 0.3) is 0 Å². The molecule has 0 bridgehead atoms. The van der Waals surface area contributed by atoms with Crippen LogP contribution in [0.1, 0.15) is 31.2 Å². The second kappa shape index (κ2) is 4.29. The van der Waals surface area contributed by atoms with E-state index in [4.69, 9.17) is 5.73 Å². The number of hydrogen-bond donors (Lipinski definition) is 1. The minimum absolute atomic E-state index is 0.0102. The molecule has 1 aromatic carbocycles. The van der Waals surface area contributed by atoms with Gasteiger partial charge in [-0.05, 0) is 12.8 Å². The number of hydrogen-bond acceptors (Lipinski definition) is 1. The van der Waals surface area contributed by atoms with E-state index in [0.29, 0.717) is 12.8 Å². The Hall–Kier alpha value is -1.10. The van der Waals surface area contributed by atoms with Gasteiger partial charge in [0.05, 0.1) is 0 Å². The molecule has 1 nitrogen and oxygen atoms in total. The third kappa shape index (κ3) is 1.82. The van der Waals surface area contributed by atoms with E-state index in [-0.39, 0.29) is 12.6 Å². The van der Waals surface area contributed by atoms with Crippen LogP contribution >= 0.6 is 0 Å². The molecule has 0 unspecified atom stereocenters. The number of rotatable bonds is 2. The molecule has 1 aliphatic rings. The largest absolute Gasteiger partial charge is 0.330 e. The van der Waals surface area contributed by atoms with Crippen molar-refractivity contribution in [2.45, 2.75) is 31.1 Å². The molecule has 0 amide bonds. The normalized spacial score (nSPS) is 18.6. The van der Waals surface area contributed by atoms with Crippen LogP contribution in [0.2, 0.25) is 0 Å². The average molecular weight is 247 g/mol. The first kappa shape index (κ1) is 12.4. The molecule has 0 aromatic heterocycles. The molecule has 17 heavy (non-hydrogen) atoms. The lowest BCUT2D eigenvalue weighted by atomic mass is 9.78. The topological polar surface area (TPSA) is 26.0 Å². The monoisotopic (exact) mass is 247 g/mol. The molecule has 0 aliphatic heterocycles. The Balaban J connectivity index is 2.65. The zero-order chi connectivity index (χ0) is 12.6. The molecular weight excluding hydrogens is 234 g/mol. The van der Waals surface area contributed by atoms with Crippen LogP contribution in [0.25, 0.3) is 0 Å². The first-order valence-electron chi connectivity index (χ1n) is 5.55. The fourth-order valence-corrected chi connectivity index (χ4v) is 2.65. The Morgan fingerprint density at radius 3 is 1.88 bits per heavy atom. The molecule has 0 atom stereocenters. The first-order valence-corrected chi connectivity index (χ1v) is 5.55. The summed E-state index contributed by atoms with van der Waals surface area (Å²) in [5.74, 6) is -5.34. The zero-order valence-corrected chi connectivity index (χ0v) is 9.20. The molecular formula is C12H13F4N. The van der Waals surface area contributed by atoms with Crippen molar-refractivity contribution < 1.29 is 17.6 Å². The fraction of sp³-hybridized carbons (Fsp3) is 0.500. The van der Waals surface area contributed by atoms with Gasteiger partial charge in [-0.25, -0.2) is 17.6 Å². The molecule has 94 valence electrons. The van der Waals surface area contributed by atoms with E-state index >= 15 is 0 Å². The Morgan fingerprint density at radius 1 is 1.00 bits per heavy atom. The van der Waals surface area contributed by atoms with Gasteiger partial charge in [-0.1, -0.05) is 12.8 Å². The van der Waals surface area contributed by atoms with Crippen LogP contribution in [0.15, 0.2) is 6.07 Å². The minimum Gasteiger partial charge on any atom is -0.330 e. The van der Waals surface area contributed by atoms with Crippen molar-refractivity contribution in [3.05, 3.63) is 34.9 Å². The molecule has 0 spiro atoms. The van der Waals surface area contributed by atoms with Crippen molar-refractivity contribution in [2.75, 3.05) is 6.54 Å². The SMILES string of the molecule is NCC1(c2c(F)c(F)cc(F)c2F)CCCC1. The zero-order valence-electron chi connectivity index (χ0n) is 9.20. The van der Waals surface area contributed by atoms with E-state index in [1.54, 1.807) is 0 Å². The average Bonchev–Trinajstić information content (AvgIpc) is 2.77. The van der Waals surface area contributed by atoms with Crippen molar-refractivity contribution in [3.63, 3.8) is 0 Å². The maximum atomic E-state index is 13.7. The maximum Gasteiger partial charge on any atom is 0.165 e.